The van der Waals surface area contributed by atoms with Crippen molar-refractivity contribution in [1.29, 1.82) is 0 Å². The Labute approximate surface area is 148 Å². The first-order valence-corrected chi connectivity index (χ1v) is 8.15. The van der Waals surface area contributed by atoms with E-state index >= 15 is 0 Å². The number of rotatable bonds is 4. The third-order valence-corrected chi connectivity index (χ3v) is 4.13. The number of benzene rings is 2. The molecule has 0 aliphatic rings. The lowest BCUT2D eigenvalue weighted by Crippen LogP contribution is -2.31. The van der Waals surface area contributed by atoms with Crippen LogP contribution in [-0.2, 0) is 4.74 Å². The zero-order valence-corrected chi connectivity index (χ0v) is 15.2. The molecule has 0 heterocycles. The minimum Gasteiger partial charge on any atom is -0.465 e. The van der Waals surface area contributed by atoms with Gasteiger partial charge in [0, 0.05) is 5.69 Å². The van der Waals surface area contributed by atoms with Crippen molar-refractivity contribution in [3.8, 4) is 0 Å². The topological polar surface area (TPSA) is 50.4 Å². The molecule has 1 unspecified atom stereocenters. The normalized spacial score (nSPS) is 11.5. The van der Waals surface area contributed by atoms with Crippen molar-refractivity contribution in [2.45, 2.75) is 26.8 Å². The minimum absolute atomic E-state index is 0.0784. The van der Waals surface area contributed by atoms with Crippen molar-refractivity contribution in [3.63, 3.8) is 0 Å². The second kappa shape index (κ2) is 7.93. The van der Waals surface area contributed by atoms with E-state index in [0.717, 1.165) is 16.8 Å². The van der Waals surface area contributed by atoms with E-state index in [1.807, 2.05) is 13.0 Å². The van der Waals surface area contributed by atoms with E-state index in [1.54, 1.807) is 12.1 Å². The molecule has 2 aromatic rings. The fourth-order valence-electron chi connectivity index (χ4n) is 2.40. The molecular formula is C19H22N2O2S. The molecule has 1 atom stereocenters. The maximum atomic E-state index is 11.8. The van der Waals surface area contributed by atoms with Crippen LogP contribution in [0.25, 0.3) is 0 Å². The molecule has 0 saturated carbocycles. The molecule has 126 valence electrons. The number of carbonyl (C=O) groups excluding carboxylic acids is 1. The number of anilines is 1. The van der Waals surface area contributed by atoms with Gasteiger partial charge in [-0.05, 0) is 56.2 Å². The van der Waals surface area contributed by atoms with E-state index < -0.39 is 0 Å². The van der Waals surface area contributed by atoms with Gasteiger partial charge in [0.05, 0.1) is 18.7 Å². The van der Waals surface area contributed by atoms with Crippen molar-refractivity contribution in [3.05, 3.63) is 64.7 Å². The zero-order chi connectivity index (χ0) is 17.7. The number of esters is 1. The van der Waals surface area contributed by atoms with Crippen LogP contribution in [0.5, 0.6) is 0 Å². The average molecular weight is 342 g/mol. The van der Waals surface area contributed by atoms with Crippen molar-refractivity contribution >= 4 is 29.0 Å². The Bertz CT molecular complexity index is 742. The van der Waals surface area contributed by atoms with E-state index in [2.05, 4.69) is 48.7 Å². The highest BCUT2D eigenvalue weighted by Gasteiger charge is 2.13. The van der Waals surface area contributed by atoms with Gasteiger partial charge in [-0.2, -0.15) is 0 Å². The number of aryl methyl sites for hydroxylation is 1. The van der Waals surface area contributed by atoms with Crippen LogP contribution in [0.2, 0.25) is 0 Å². The van der Waals surface area contributed by atoms with Crippen LogP contribution in [-0.4, -0.2) is 18.2 Å². The van der Waals surface area contributed by atoms with Crippen molar-refractivity contribution in [2.75, 3.05) is 12.4 Å². The quantitative estimate of drug-likeness (QED) is 0.646. The summed E-state index contributed by atoms with van der Waals surface area (Å²) in [6, 6.07) is 13.8. The Balaban J connectivity index is 2.07. The largest absolute Gasteiger partial charge is 0.465 e. The van der Waals surface area contributed by atoms with Crippen LogP contribution in [0.4, 0.5) is 5.69 Å². The summed E-state index contributed by atoms with van der Waals surface area (Å²) in [6.45, 7) is 5.97. The van der Waals surface area contributed by atoms with Gasteiger partial charge < -0.3 is 15.4 Å². The van der Waals surface area contributed by atoms with Gasteiger partial charge in [0.2, 0.25) is 0 Å². The second-order valence-corrected chi connectivity index (χ2v) is 6.11. The Hall–Kier alpha value is -2.40. The molecule has 0 radical (unpaired) electrons. The molecular weight excluding hydrogens is 320 g/mol. The highest BCUT2D eigenvalue weighted by molar-refractivity contribution is 7.80. The Kier molecular flexibility index (Phi) is 5.93. The summed E-state index contributed by atoms with van der Waals surface area (Å²) in [4.78, 5) is 11.8. The molecule has 0 aliphatic carbocycles. The fourth-order valence-corrected chi connectivity index (χ4v) is 2.68. The monoisotopic (exact) mass is 342 g/mol. The Morgan fingerprint density at radius 1 is 1.12 bits per heavy atom. The van der Waals surface area contributed by atoms with E-state index in [9.17, 15) is 4.79 Å². The van der Waals surface area contributed by atoms with Crippen molar-refractivity contribution in [2.24, 2.45) is 0 Å². The number of hydrogen-bond donors (Lipinski definition) is 2. The minimum atomic E-state index is -0.358. The lowest BCUT2D eigenvalue weighted by atomic mass is 10.1. The van der Waals surface area contributed by atoms with Crippen LogP contribution in [0.3, 0.4) is 0 Å². The number of nitrogens with one attached hydrogen (secondary N) is 2. The van der Waals surface area contributed by atoms with Gasteiger partial charge in [0.1, 0.15) is 0 Å². The molecule has 0 fully saturated rings. The first kappa shape index (κ1) is 17.9. The molecule has 2 rings (SSSR count). The highest BCUT2D eigenvalue weighted by Crippen LogP contribution is 2.20. The van der Waals surface area contributed by atoms with Gasteiger partial charge in [0.25, 0.3) is 0 Å². The van der Waals surface area contributed by atoms with E-state index in [4.69, 9.17) is 17.0 Å². The lowest BCUT2D eigenvalue weighted by Gasteiger charge is -2.19. The van der Waals surface area contributed by atoms with Gasteiger partial charge in [-0.3, -0.25) is 0 Å². The van der Waals surface area contributed by atoms with Gasteiger partial charge in [-0.1, -0.05) is 35.9 Å². The number of thiocarbonyl (C=S) groups is 1. The molecule has 0 aromatic heterocycles. The van der Waals surface area contributed by atoms with E-state index in [-0.39, 0.29) is 12.0 Å². The van der Waals surface area contributed by atoms with Gasteiger partial charge in [-0.25, -0.2) is 4.79 Å². The maximum absolute atomic E-state index is 11.8. The Morgan fingerprint density at radius 2 is 1.79 bits per heavy atom. The number of carbonyl (C=O) groups is 1. The molecule has 0 aliphatic heterocycles. The SMILES string of the molecule is COC(=O)c1cccc(NC(=S)NC(C)c2ccc(C)cc2)c1C. The second-order valence-electron chi connectivity index (χ2n) is 5.70. The summed E-state index contributed by atoms with van der Waals surface area (Å²) in [5, 5.41) is 6.92. The first-order valence-electron chi connectivity index (χ1n) is 7.74. The summed E-state index contributed by atoms with van der Waals surface area (Å²) in [5.74, 6) is -0.358. The summed E-state index contributed by atoms with van der Waals surface area (Å²) >= 11 is 5.40. The third-order valence-electron chi connectivity index (χ3n) is 3.91. The van der Waals surface area contributed by atoms with Gasteiger partial charge in [-0.15, -0.1) is 0 Å². The van der Waals surface area contributed by atoms with Crippen molar-refractivity contribution < 1.29 is 9.53 Å². The molecule has 0 bridgehead atoms. The van der Waals surface area contributed by atoms with Crippen LogP contribution < -0.4 is 10.6 Å². The maximum Gasteiger partial charge on any atom is 0.338 e. The first-order chi connectivity index (χ1) is 11.4. The molecule has 0 saturated heterocycles. The molecule has 5 heteroatoms. The summed E-state index contributed by atoms with van der Waals surface area (Å²) < 4.78 is 4.79. The third kappa shape index (κ3) is 4.32. The number of ether oxygens (including phenoxy) is 1. The predicted octanol–water partition coefficient (Wildman–Crippen LogP) is 4.14. The van der Waals surface area contributed by atoms with E-state index in [1.165, 1.54) is 12.7 Å². The fraction of sp³-hybridized carbons (Fsp3) is 0.263. The predicted molar refractivity (Wildman–Crippen MR) is 101 cm³/mol. The number of methoxy groups -OCH3 is 1. The smallest absolute Gasteiger partial charge is 0.338 e. The van der Waals surface area contributed by atoms with Gasteiger partial charge >= 0.3 is 5.97 Å². The summed E-state index contributed by atoms with van der Waals surface area (Å²) in [5.41, 5.74) is 4.49. The summed E-state index contributed by atoms with van der Waals surface area (Å²) in [7, 11) is 1.37. The Morgan fingerprint density at radius 3 is 2.42 bits per heavy atom. The average Bonchev–Trinajstić information content (AvgIpc) is 2.56. The van der Waals surface area contributed by atoms with Crippen LogP contribution >= 0.6 is 12.2 Å². The number of hydrogen-bond acceptors (Lipinski definition) is 3. The standard InChI is InChI=1S/C19H22N2O2S/c1-12-8-10-15(11-9-12)14(3)20-19(24)21-17-7-5-6-16(13(17)2)18(22)23-4/h5-11,14H,1-4H3,(H2,20,21,24). The van der Waals surface area contributed by atoms with Gasteiger partial charge in [0.15, 0.2) is 5.11 Å². The molecule has 0 amide bonds. The molecule has 24 heavy (non-hydrogen) atoms. The molecule has 0 spiro atoms. The highest BCUT2D eigenvalue weighted by atomic mass is 32.1. The van der Waals surface area contributed by atoms with Crippen LogP contribution in [0, 0.1) is 13.8 Å². The molecule has 2 aromatic carbocycles. The van der Waals surface area contributed by atoms with Crippen molar-refractivity contribution in [1.82, 2.24) is 5.32 Å². The molecule has 2 N–H and O–H groups in total. The molecule has 4 nitrogen and oxygen atoms in total. The lowest BCUT2D eigenvalue weighted by molar-refractivity contribution is 0.0600. The zero-order valence-electron chi connectivity index (χ0n) is 14.3. The van der Waals surface area contributed by atoms with Crippen LogP contribution in [0.15, 0.2) is 42.5 Å². The summed E-state index contributed by atoms with van der Waals surface area (Å²) in [6.07, 6.45) is 0. The van der Waals surface area contributed by atoms with Crippen LogP contribution in [0.1, 0.15) is 40.0 Å². The van der Waals surface area contributed by atoms with E-state index in [0.29, 0.717) is 10.7 Å².